The van der Waals surface area contributed by atoms with Crippen LogP contribution >= 0.6 is 0 Å². The standard InChI is InChI=1S/C18H26N2O2/c1-12-6-15(16-8-19-9-16)7-13(2)17(12)11-20-5-4-14(10-20)18(21)22-3/h6-7,14,16,19H,4-5,8-11H2,1-3H3. The molecule has 0 aliphatic carbocycles. The summed E-state index contributed by atoms with van der Waals surface area (Å²) in [7, 11) is 1.48. The van der Waals surface area contributed by atoms with E-state index < -0.39 is 0 Å². The molecule has 22 heavy (non-hydrogen) atoms. The molecule has 3 rings (SSSR count). The topological polar surface area (TPSA) is 41.6 Å². The van der Waals surface area contributed by atoms with Crippen molar-refractivity contribution in [1.29, 1.82) is 0 Å². The van der Waals surface area contributed by atoms with Crippen molar-refractivity contribution in [1.82, 2.24) is 10.2 Å². The summed E-state index contributed by atoms with van der Waals surface area (Å²) >= 11 is 0. The number of nitrogens with zero attached hydrogens (tertiary/aromatic N) is 1. The zero-order chi connectivity index (χ0) is 15.7. The molecule has 2 heterocycles. The van der Waals surface area contributed by atoms with Crippen LogP contribution in [-0.4, -0.2) is 44.2 Å². The molecule has 0 bridgehead atoms. The Hall–Kier alpha value is -1.39. The van der Waals surface area contributed by atoms with Crippen LogP contribution in [-0.2, 0) is 16.1 Å². The lowest BCUT2D eigenvalue weighted by molar-refractivity contribution is -0.144. The fourth-order valence-electron chi connectivity index (χ4n) is 3.60. The van der Waals surface area contributed by atoms with E-state index in [9.17, 15) is 4.79 Å². The molecule has 4 heteroatoms. The summed E-state index contributed by atoms with van der Waals surface area (Å²) in [5.41, 5.74) is 5.64. The number of hydrogen-bond donors (Lipinski definition) is 1. The number of carbonyl (C=O) groups excluding carboxylic acids is 1. The molecule has 2 aliphatic heterocycles. The minimum atomic E-state index is -0.0659. The molecule has 2 aliphatic rings. The molecule has 0 aromatic heterocycles. The van der Waals surface area contributed by atoms with Crippen molar-refractivity contribution in [3.05, 3.63) is 34.4 Å². The Labute approximate surface area is 132 Å². The number of aryl methyl sites for hydroxylation is 2. The highest BCUT2D eigenvalue weighted by atomic mass is 16.5. The molecule has 1 unspecified atom stereocenters. The summed E-state index contributed by atoms with van der Waals surface area (Å²) in [6.07, 6.45) is 0.913. The highest BCUT2D eigenvalue weighted by Crippen LogP contribution is 2.27. The summed E-state index contributed by atoms with van der Waals surface area (Å²) < 4.78 is 4.87. The molecular weight excluding hydrogens is 276 g/mol. The van der Waals surface area contributed by atoms with Crippen molar-refractivity contribution in [2.45, 2.75) is 32.7 Å². The second-order valence-electron chi connectivity index (χ2n) is 6.73. The van der Waals surface area contributed by atoms with Gasteiger partial charge in [-0.2, -0.15) is 0 Å². The summed E-state index contributed by atoms with van der Waals surface area (Å²) in [5, 5.41) is 3.34. The summed E-state index contributed by atoms with van der Waals surface area (Å²) in [5.74, 6) is 0.664. The predicted octanol–water partition coefficient (Wildman–Crippen LogP) is 1.99. The highest BCUT2D eigenvalue weighted by molar-refractivity contribution is 5.72. The summed E-state index contributed by atoms with van der Waals surface area (Å²) in [4.78, 5) is 14.0. The molecule has 2 fully saturated rings. The van der Waals surface area contributed by atoms with E-state index in [0.717, 1.165) is 39.1 Å². The van der Waals surface area contributed by atoms with Gasteiger partial charge in [0.25, 0.3) is 0 Å². The van der Waals surface area contributed by atoms with Gasteiger partial charge in [-0.3, -0.25) is 9.69 Å². The van der Waals surface area contributed by atoms with Gasteiger partial charge in [-0.25, -0.2) is 0 Å². The number of methoxy groups -OCH3 is 1. The Morgan fingerprint density at radius 2 is 2.00 bits per heavy atom. The van der Waals surface area contributed by atoms with Crippen LogP contribution in [0, 0.1) is 19.8 Å². The SMILES string of the molecule is COC(=O)C1CCN(Cc2c(C)cc(C3CNC3)cc2C)C1. The zero-order valence-electron chi connectivity index (χ0n) is 13.8. The smallest absolute Gasteiger partial charge is 0.310 e. The third-order valence-electron chi connectivity index (χ3n) is 5.16. The van der Waals surface area contributed by atoms with Gasteiger partial charge >= 0.3 is 5.97 Å². The normalized spacial score (nSPS) is 22.6. The Bertz CT molecular complexity index is 543. The van der Waals surface area contributed by atoms with Crippen molar-refractivity contribution in [2.24, 2.45) is 5.92 Å². The average molecular weight is 302 g/mol. The van der Waals surface area contributed by atoms with Gasteiger partial charge in [-0.1, -0.05) is 12.1 Å². The van der Waals surface area contributed by atoms with Gasteiger partial charge in [0.15, 0.2) is 0 Å². The van der Waals surface area contributed by atoms with Crippen LogP contribution in [0.5, 0.6) is 0 Å². The van der Waals surface area contributed by atoms with Gasteiger partial charge in [0.2, 0.25) is 0 Å². The number of likely N-dealkylation sites (tertiary alicyclic amines) is 1. The third-order valence-corrected chi connectivity index (χ3v) is 5.16. The maximum atomic E-state index is 11.7. The minimum Gasteiger partial charge on any atom is -0.469 e. The van der Waals surface area contributed by atoms with E-state index in [1.807, 2.05) is 0 Å². The van der Waals surface area contributed by atoms with E-state index in [1.54, 1.807) is 0 Å². The lowest BCUT2D eigenvalue weighted by Gasteiger charge is -2.29. The van der Waals surface area contributed by atoms with Crippen LogP contribution in [0.3, 0.4) is 0 Å². The van der Waals surface area contributed by atoms with E-state index in [2.05, 4.69) is 36.2 Å². The third kappa shape index (κ3) is 3.03. The molecule has 120 valence electrons. The van der Waals surface area contributed by atoms with E-state index in [4.69, 9.17) is 4.74 Å². The molecule has 1 aromatic rings. The number of hydrogen-bond acceptors (Lipinski definition) is 4. The van der Waals surface area contributed by atoms with Crippen LogP contribution in [0.2, 0.25) is 0 Å². The lowest BCUT2D eigenvalue weighted by Crippen LogP contribution is -2.40. The van der Waals surface area contributed by atoms with Crippen molar-refractivity contribution < 1.29 is 9.53 Å². The first-order valence-electron chi connectivity index (χ1n) is 8.19. The van der Waals surface area contributed by atoms with Crippen LogP contribution in [0.25, 0.3) is 0 Å². The van der Waals surface area contributed by atoms with E-state index >= 15 is 0 Å². The van der Waals surface area contributed by atoms with Gasteiger partial charge in [-0.15, -0.1) is 0 Å². The first-order chi connectivity index (χ1) is 10.6. The van der Waals surface area contributed by atoms with E-state index in [-0.39, 0.29) is 11.9 Å². The quantitative estimate of drug-likeness (QED) is 0.864. The maximum absolute atomic E-state index is 11.7. The van der Waals surface area contributed by atoms with Gasteiger partial charge < -0.3 is 10.1 Å². The van der Waals surface area contributed by atoms with Gasteiger partial charge in [0.1, 0.15) is 0 Å². The molecule has 0 saturated carbocycles. The minimum absolute atomic E-state index is 0.0472. The largest absolute Gasteiger partial charge is 0.469 e. The Kier molecular flexibility index (Phi) is 4.50. The fraction of sp³-hybridized carbons (Fsp3) is 0.611. The monoisotopic (exact) mass is 302 g/mol. The molecule has 0 spiro atoms. The Morgan fingerprint density at radius 1 is 1.32 bits per heavy atom. The first-order valence-corrected chi connectivity index (χ1v) is 8.19. The van der Waals surface area contributed by atoms with Crippen molar-refractivity contribution in [3.8, 4) is 0 Å². The van der Waals surface area contributed by atoms with Crippen molar-refractivity contribution in [3.63, 3.8) is 0 Å². The average Bonchev–Trinajstić information content (AvgIpc) is 2.89. The molecule has 1 N–H and O–H groups in total. The number of benzene rings is 1. The first kappa shape index (κ1) is 15.5. The van der Waals surface area contributed by atoms with Gasteiger partial charge in [-0.05, 0) is 49.1 Å². The molecule has 1 atom stereocenters. The van der Waals surface area contributed by atoms with Crippen LogP contribution in [0.4, 0.5) is 0 Å². The highest BCUT2D eigenvalue weighted by Gasteiger charge is 2.29. The molecular formula is C18H26N2O2. The van der Waals surface area contributed by atoms with E-state index in [0.29, 0.717) is 5.92 Å². The number of carbonyl (C=O) groups is 1. The van der Waals surface area contributed by atoms with Crippen LogP contribution in [0.1, 0.15) is 34.6 Å². The Balaban J connectivity index is 1.69. The second kappa shape index (κ2) is 6.39. The van der Waals surface area contributed by atoms with Crippen LogP contribution in [0.15, 0.2) is 12.1 Å². The van der Waals surface area contributed by atoms with Crippen molar-refractivity contribution >= 4 is 5.97 Å². The number of rotatable bonds is 4. The molecule has 0 radical (unpaired) electrons. The van der Waals surface area contributed by atoms with Gasteiger partial charge in [0, 0.05) is 32.1 Å². The molecule has 0 amide bonds. The summed E-state index contributed by atoms with van der Waals surface area (Å²) in [6, 6.07) is 4.70. The zero-order valence-corrected chi connectivity index (χ0v) is 13.8. The Morgan fingerprint density at radius 3 is 2.55 bits per heavy atom. The van der Waals surface area contributed by atoms with Gasteiger partial charge in [0.05, 0.1) is 13.0 Å². The predicted molar refractivity (Wildman–Crippen MR) is 86.9 cm³/mol. The fourth-order valence-corrected chi connectivity index (χ4v) is 3.60. The second-order valence-corrected chi connectivity index (χ2v) is 6.73. The molecule has 1 aromatic carbocycles. The number of nitrogens with one attached hydrogen (secondary N) is 1. The molecule has 4 nitrogen and oxygen atoms in total. The summed E-state index contributed by atoms with van der Waals surface area (Å²) in [6.45, 7) is 9.37. The molecule has 2 saturated heterocycles. The maximum Gasteiger partial charge on any atom is 0.310 e. The number of esters is 1. The number of ether oxygens (including phenoxy) is 1. The van der Waals surface area contributed by atoms with Crippen LogP contribution < -0.4 is 5.32 Å². The lowest BCUT2D eigenvalue weighted by atomic mass is 9.89. The van der Waals surface area contributed by atoms with Crippen molar-refractivity contribution in [2.75, 3.05) is 33.3 Å². The van der Waals surface area contributed by atoms with E-state index in [1.165, 1.54) is 29.4 Å².